The molecule has 2 aromatic heterocycles. The first-order chi connectivity index (χ1) is 13.3. The highest BCUT2D eigenvalue weighted by molar-refractivity contribution is 7.22. The van der Waals surface area contributed by atoms with E-state index in [9.17, 15) is 18.0 Å². The van der Waals surface area contributed by atoms with Crippen molar-refractivity contribution in [2.45, 2.75) is 6.18 Å². The second-order valence-electron chi connectivity index (χ2n) is 5.72. The summed E-state index contributed by atoms with van der Waals surface area (Å²) in [5, 5.41) is 6.52. The van der Waals surface area contributed by atoms with Gasteiger partial charge in [0.2, 0.25) is 0 Å². The van der Waals surface area contributed by atoms with E-state index < -0.39 is 17.8 Å². The molecule has 0 unspecified atom stereocenters. The predicted molar refractivity (Wildman–Crippen MR) is 101 cm³/mol. The summed E-state index contributed by atoms with van der Waals surface area (Å²) >= 11 is 7.30. The van der Waals surface area contributed by atoms with Crippen molar-refractivity contribution in [3.8, 4) is 5.69 Å². The zero-order chi connectivity index (χ0) is 19.9. The molecule has 28 heavy (non-hydrogen) atoms. The monoisotopic (exact) mass is 422 g/mol. The molecular formula is C18H10ClF3N4OS. The number of hydrogen-bond acceptors (Lipinski definition) is 4. The second-order valence-corrected chi connectivity index (χ2v) is 7.15. The Morgan fingerprint density at radius 1 is 1.11 bits per heavy atom. The van der Waals surface area contributed by atoms with Crippen molar-refractivity contribution < 1.29 is 18.0 Å². The standard InChI is InChI=1S/C18H10ClF3N4OS/c19-10-5-1-3-7-12(10)26-13(9-15(25-26)18(20,21)22)16(27)24-17-23-11-6-2-4-8-14(11)28-17/h1-9H,(H,23,24,27). The van der Waals surface area contributed by atoms with E-state index in [2.05, 4.69) is 15.4 Å². The van der Waals surface area contributed by atoms with Gasteiger partial charge in [0.25, 0.3) is 5.91 Å². The first kappa shape index (κ1) is 18.5. The molecule has 0 saturated heterocycles. The molecule has 2 aromatic carbocycles. The number of aromatic nitrogens is 3. The number of amides is 1. The van der Waals surface area contributed by atoms with Gasteiger partial charge in [-0.25, -0.2) is 9.67 Å². The van der Waals surface area contributed by atoms with Gasteiger partial charge in [-0.2, -0.15) is 18.3 Å². The number of carbonyl (C=O) groups is 1. The molecule has 1 N–H and O–H groups in total. The van der Waals surface area contributed by atoms with Crippen LogP contribution in [-0.2, 0) is 6.18 Å². The summed E-state index contributed by atoms with van der Waals surface area (Å²) in [6.07, 6.45) is -4.71. The number of fused-ring (bicyclic) bond motifs is 1. The molecule has 0 fully saturated rings. The molecule has 0 radical (unpaired) electrons. The molecule has 10 heteroatoms. The van der Waals surface area contributed by atoms with Crippen LogP contribution in [-0.4, -0.2) is 20.7 Å². The zero-order valence-corrected chi connectivity index (χ0v) is 15.4. The Morgan fingerprint density at radius 2 is 1.82 bits per heavy atom. The molecule has 0 spiro atoms. The van der Waals surface area contributed by atoms with Crippen molar-refractivity contribution >= 4 is 44.2 Å². The summed E-state index contributed by atoms with van der Waals surface area (Å²) in [4.78, 5) is 17.0. The molecule has 1 amide bonds. The number of thiazole rings is 1. The molecule has 0 aliphatic heterocycles. The van der Waals surface area contributed by atoms with E-state index in [-0.39, 0.29) is 21.5 Å². The molecule has 0 aliphatic carbocycles. The number of para-hydroxylation sites is 2. The topological polar surface area (TPSA) is 59.8 Å². The van der Waals surface area contributed by atoms with E-state index in [1.54, 1.807) is 24.3 Å². The number of halogens is 4. The lowest BCUT2D eigenvalue weighted by molar-refractivity contribution is -0.141. The lowest BCUT2D eigenvalue weighted by Crippen LogP contribution is -2.17. The molecule has 142 valence electrons. The van der Waals surface area contributed by atoms with E-state index in [1.807, 2.05) is 12.1 Å². The average molecular weight is 423 g/mol. The minimum absolute atomic E-state index is 0.161. The van der Waals surface area contributed by atoms with Crippen molar-refractivity contribution in [3.63, 3.8) is 0 Å². The summed E-state index contributed by atoms with van der Waals surface area (Å²) in [7, 11) is 0. The van der Waals surface area contributed by atoms with Gasteiger partial charge in [-0.05, 0) is 24.3 Å². The quantitative estimate of drug-likeness (QED) is 0.480. The van der Waals surface area contributed by atoms with Crippen LogP contribution in [0.15, 0.2) is 54.6 Å². The first-order valence-corrected chi connectivity index (χ1v) is 9.11. The van der Waals surface area contributed by atoms with Crippen molar-refractivity contribution in [1.29, 1.82) is 0 Å². The fourth-order valence-electron chi connectivity index (χ4n) is 2.58. The van der Waals surface area contributed by atoms with Crippen LogP contribution in [0, 0.1) is 0 Å². The lowest BCUT2D eigenvalue weighted by atomic mass is 10.3. The third kappa shape index (κ3) is 3.46. The van der Waals surface area contributed by atoms with Crippen molar-refractivity contribution in [2.75, 3.05) is 5.32 Å². The van der Waals surface area contributed by atoms with Crippen LogP contribution in [0.25, 0.3) is 15.9 Å². The Morgan fingerprint density at radius 3 is 2.54 bits per heavy atom. The Labute approximate surface area is 165 Å². The summed E-state index contributed by atoms with van der Waals surface area (Å²) in [6, 6.07) is 14.1. The van der Waals surface area contributed by atoms with Gasteiger partial charge in [0.15, 0.2) is 10.8 Å². The van der Waals surface area contributed by atoms with Crippen molar-refractivity contribution in [2.24, 2.45) is 0 Å². The number of anilines is 1. The Kier molecular flexibility index (Phi) is 4.56. The minimum atomic E-state index is -4.71. The number of nitrogens with zero attached hydrogens (tertiary/aromatic N) is 3. The third-order valence-corrected chi connectivity index (χ3v) is 5.10. The van der Waals surface area contributed by atoms with Gasteiger partial charge >= 0.3 is 6.18 Å². The van der Waals surface area contributed by atoms with Crippen molar-refractivity contribution in [1.82, 2.24) is 14.8 Å². The predicted octanol–water partition coefficient (Wildman–Crippen LogP) is 5.41. The Bertz CT molecular complexity index is 1150. The smallest absolute Gasteiger partial charge is 0.296 e. The highest BCUT2D eigenvalue weighted by Gasteiger charge is 2.36. The highest BCUT2D eigenvalue weighted by atomic mass is 35.5. The van der Waals surface area contributed by atoms with Crippen molar-refractivity contribution in [3.05, 3.63) is 71.0 Å². The molecule has 2 heterocycles. The summed E-state index contributed by atoms with van der Waals surface area (Å²) in [5.74, 6) is -0.776. The molecule has 0 atom stereocenters. The maximum atomic E-state index is 13.2. The fraction of sp³-hybridized carbons (Fsp3) is 0.0556. The van der Waals surface area contributed by atoms with E-state index >= 15 is 0 Å². The Balaban J connectivity index is 1.76. The van der Waals surface area contributed by atoms with Crippen LogP contribution < -0.4 is 5.32 Å². The van der Waals surface area contributed by atoms with Gasteiger partial charge < -0.3 is 0 Å². The molecule has 4 rings (SSSR count). The second kappa shape index (κ2) is 6.92. The van der Waals surface area contributed by atoms with Crippen LogP contribution in [0.1, 0.15) is 16.2 Å². The largest absolute Gasteiger partial charge is 0.435 e. The van der Waals surface area contributed by atoms with Gasteiger partial charge in [-0.3, -0.25) is 10.1 Å². The summed E-state index contributed by atoms with van der Waals surface area (Å²) < 4.78 is 41.3. The molecule has 4 aromatic rings. The molecular weight excluding hydrogens is 413 g/mol. The minimum Gasteiger partial charge on any atom is -0.296 e. The van der Waals surface area contributed by atoms with Crippen LogP contribution in [0.5, 0.6) is 0 Å². The summed E-state index contributed by atoms with van der Waals surface area (Å²) in [6.45, 7) is 0. The number of alkyl halides is 3. The number of benzene rings is 2. The highest BCUT2D eigenvalue weighted by Crippen LogP contribution is 2.32. The van der Waals surface area contributed by atoms with Gasteiger partial charge in [-0.1, -0.05) is 47.2 Å². The van der Waals surface area contributed by atoms with Gasteiger partial charge in [-0.15, -0.1) is 0 Å². The number of hydrogen-bond donors (Lipinski definition) is 1. The van der Waals surface area contributed by atoms with Gasteiger partial charge in [0.1, 0.15) is 5.69 Å². The zero-order valence-electron chi connectivity index (χ0n) is 13.9. The molecule has 0 bridgehead atoms. The fourth-order valence-corrected chi connectivity index (χ4v) is 3.65. The van der Waals surface area contributed by atoms with E-state index in [0.717, 1.165) is 9.38 Å². The lowest BCUT2D eigenvalue weighted by Gasteiger charge is -2.08. The van der Waals surface area contributed by atoms with Gasteiger partial charge in [0.05, 0.1) is 20.9 Å². The number of carbonyl (C=O) groups excluding carboxylic acids is 1. The molecule has 0 aliphatic rings. The Hall–Kier alpha value is -2.91. The average Bonchev–Trinajstić information content (AvgIpc) is 3.25. The van der Waals surface area contributed by atoms with Gasteiger partial charge in [0, 0.05) is 6.07 Å². The maximum Gasteiger partial charge on any atom is 0.435 e. The van der Waals surface area contributed by atoms with Crippen LogP contribution in [0.3, 0.4) is 0 Å². The summed E-state index contributed by atoms with van der Waals surface area (Å²) in [5.41, 5.74) is -0.658. The number of nitrogens with one attached hydrogen (secondary N) is 1. The molecule has 0 saturated carbocycles. The van der Waals surface area contributed by atoms with E-state index in [0.29, 0.717) is 11.6 Å². The van der Waals surface area contributed by atoms with Crippen LogP contribution in [0.2, 0.25) is 5.02 Å². The van der Waals surface area contributed by atoms with Crippen LogP contribution >= 0.6 is 22.9 Å². The van der Waals surface area contributed by atoms with E-state index in [4.69, 9.17) is 11.6 Å². The van der Waals surface area contributed by atoms with Crippen LogP contribution in [0.4, 0.5) is 18.3 Å². The number of rotatable bonds is 3. The molecule has 5 nitrogen and oxygen atoms in total. The normalized spacial score (nSPS) is 11.7. The van der Waals surface area contributed by atoms with E-state index in [1.165, 1.54) is 23.5 Å². The maximum absolute atomic E-state index is 13.2. The third-order valence-electron chi connectivity index (χ3n) is 3.83. The SMILES string of the molecule is O=C(Nc1nc2ccccc2s1)c1cc(C(F)(F)F)nn1-c1ccccc1Cl. The first-order valence-electron chi connectivity index (χ1n) is 7.92.